The van der Waals surface area contributed by atoms with Crippen molar-refractivity contribution >= 4 is 16.9 Å². The lowest BCUT2D eigenvalue weighted by Crippen LogP contribution is -2.57. The molecule has 2 aliphatic heterocycles. The fourth-order valence-electron chi connectivity index (χ4n) is 5.52. The van der Waals surface area contributed by atoms with E-state index in [4.69, 9.17) is 0 Å². The van der Waals surface area contributed by atoms with Crippen LogP contribution in [0.2, 0.25) is 0 Å². The van der Waals surface area contributed by atoms with Crippen LogP contribution >= 0.6 is 0 Å². The maximum atomic E-state index is 13.9. The Labute approximate surface area is 166 Å². The van der Waals surface area contributed by atoms with E-state index < -0.39 is 28.9 Å². The Morgan fingerprint density at radius 1 is 1.34 bits per heavy atom. The zero-order valence-electron chi connectivity index (χ0n) is 15.8. The standard InChI is InChI=1S/C21H21FN4O3/c22-13-5-6-17-14(8-13)18(27)15(20(28)29)9-26(17)19-16-2-1-7-24-21(16,12-3-4-12)10-25(19)11-23/h5-6,8-9,12,16,19,24H,1-4,7,10H2,(H,28,29)/t16-,19?,21?/m0/s1. The van der Waals surface area contributed by atoms with Crippen molar-refractivity contribution in [2.45, 2.75) is 37.4 Å². The maximum absolute atomic E-state index is 13.9. The number of rotatable bonds is 3. The van der Waals surface area contributed by atoms with E-state index in [1.807, 2.05) is 0 Å². The first-order valence-electron chi connectivity index (χ1n) is 9.95. The Morgan fingerprint density at radius 3 is 2.83 bits per heavy atom. The molecule has 0 spiro atoms. The molecule has 1 aliphatic carbocycles. The second kappa shape index (κ2) is 6.29. The Hall–Kier alpha value is -2.92. The number of hydrogen-bond donors (Lipinski definition) is 2. The molecule has 3 fully saturated rings. The van der Waals surface area contributed by atoms with Gasteiger partial charge in [0.2, 0.25) is 5.43 Å². The molecular weight excluding hydrogens is 375 g/mol. The molecule has 3 heterocycles. The van der Waals surface area contributed by atoms with Gasteiger partial charge in [-0.05, 0) is 56.3 Å². The van der Waals surface area contributed by atoms with Crippen molar-refractivity contribution in [3.8, 4) is 6.19 Å². The molecule has 1 aromatic carbocycles. The predicted octanol–water partition coefficient (Wildman–Crippen LogP) is 2.28. The van der Waals surface area contributed by atoms with Crippen LogP contribution in [0.15, 0.2) is 29.2 Å². The van der Waals surface area contributed by atoms with E-state index in [1.54, 1.807) is 9.47 Å². The van der Waals surface area contributed by atoms with E-state index in [-0.39, 0.29) is 16.8 Å². The number of carbonyl (C=O) groups is 1. The summed E-state index contributed by atoms with van der Waals surface area (Å²) in [5, 5.41) is 23.2. The van der Waals surface area contributed by atoms with Gasteiger partial charge >= 0.3 is 5.97 Å². The van der Waals surface area contributed by atoms with Gasteiger partial charge in [-0.3, -0.25) is 9.69 Å². The van der Waals surface area contributed by atoms with Crippen LogP contribution < -0.4 is 10.7 Å². The molecule has 0 bridgehead atoms. The minimum atomic E-state index is -1.35. The van der Waals surface area contributed by atoms with Crippen LogP contribution in [0.3, 0.4) is 0 Å². The fraction of sp³-hybridized carbons (Fsp3) is 0.476. The molecule has 2 aromatic rings. The fourth-order valence-corrected chi connectivity index (χ4v) is 5.52. The Bertz CT molecular complexity index is 1120. The van der Waals surface area contributed by atoms with Gasteiger partial charge in [0, 0.05) is 29.6 Å². The first-order chi connectivity index (χ1) is 14.0. The van der Waals surface area contributed by atoms with Crippen LogP contribution in [-0.4, -0.2) is 39.2 Å². The van der Waals surface area contributed by atoms with Crippen molar-refractivity contribution in [2.24, 2.45) is 11.8 Å². The second-order valence-electron chi connectivity index (χ2n) is 8.38. The lowest BCUT2D eigenvalue weighted by molar-refractivity contribution is 0.0693. The number of benzene rings is 1. The quantitative estimate of drug-likeness (QED) is 0.773. The molecule has 0 amide bonds. The van der Waals surface area contributed by atoms with Crippen LogP contribution in [0.4, 0.5) is 4.39 Å². The molecule has 2 unspecified atom stereocenters. The average molecular weight is 396 g/mol. The highest BCUT2D eigenvalue weighted by atomic mass is 19.1. The van der Waals surface area contributed by atoms with E-state index in [9.17, 15) is 24.3 Å². The normalized spacial score (nSPS) is 28.9. The van der Waals surface area contributed by atoms with E-state index >= 15 is 0 Å². The smallest absolute Gasteiger partial charge is 0.341 e. The Kier molecular flexibility index (Phi) is 3.93. The number of carboxylic acid groups (broad SMARTS) is 1. The van der Waals surface area contributed by atoms with Crippen LogP contribution in [0.25, 0.3) is 10.9 Å². The van der Waals surface area contributed by atoms with Gasteiger partial charge in [-0.15, -0.1) is 0 Å². The van der Waals surface area contributed by atoms with Crippen molar-refractivity contribution in [1.82, 2.24) is 14.8 Å². The summed E-state index contributed by atoms with van der Waals surface area (Å²) in [6.45, 7) is 1.45. The molecule has 3 aliphatic rings. The first-order valence-corrected chi connectivity index (χ1v) is 9.95. The van der Waals surface area contributed by atoms with Crippen LogP contribution in [-0.2, 0) is 0 Å². The molecule has 29 heavy (non-hydrogen) atoms. The lowest BCUT2D eigenvalue weighted by Gasteiger charge is -2.41. The number of likely N-dealkylation sites (tertiary alicyclic amines) is 1. The zero-order valence-corrected chi connectivity index (χ0v) is 15.8. The van der Waals surface area contributed by atoms with Gasteiger partial charge in [-0.25, -0.2) is 9.18 Å². The highest BCUT2D eigenvalue weighted by molar-refractivity contribution is 5.92. The molecule has 7 nitrogen and oxygen atoms in total. The molecule has 2 N–H and O–H groups in total. The SMILES string of the molecule is N#CN1CC2(C3CC3)NCCC[C@H]2C1n1cc(C(=O)O)c(=O)c2cc(F)ccc21. The third-order valence-electron chi connectivity index (χ3n) is 6.86. The number of nitrogens with zero attached hydrogens (tertiary/aromatic N) is 3. The second-order valence-corrected chi connectivity index (χ2v) is 8.38. The summed E-state index contributed by atoms with van der Waals surface area (Å²) in [7, 11) is 0. The van der Waals surface area contributed by atoms with Crippen LogP contribution in [0.5, 0.6) is 0 Å². The highest BCUT2D eigenvalue weighted by Gasteiger charge is 2.60. The largest absolute Gasteiger partial charge is 0.477 e. The van der Waals surface area contributed by atoms with E-state index in [0.717, 1.165) is 38.3 Å². The number of halogens is 1. The first kappa shape index (κ1) is 18.1. The van der Waals surface area contributed by atoms with Crippen LogP contribution in [0, 0.1) is 29.1 Å². The molecule has 1 saturated carbocycles. The summed E-state index contributed by atoms with van der Waals surface area (Å²) in [6, 6.07) is 3.85. The number of fused-ring (bicyclic) bond motifs is 2. The number of aromatic nitrogens is 1. The van der Waals surface area contributed by atoms with Gasteiger partial charge in [0.1, 0.15) is 17.5 Å². The molecule has 150 valence electrons. The van der Waals surface area contributed by atoms with Crippen molar-refractivity contribution in [3.05, 3.63) is 46.0 Å². The minimum Gasteiger partial charge on any atom is -0.477 e. The summed E-state index contributed by atoms with van der Waals surface area (Å²) >= 11 is 0. The predicted molar refractivity (Wildman–Crippen MR) is 103 cm³/mol. The van der Waals surface area contributed by atoms with E-state index in [2.05, 4.69) is 11.5 Å². The van der Waals surface area contributed by atoms with Gasteiger partial charge in [-0.2, -0.15) is 5.26 Å². The van der Waals surface area contributed by atoms with Crippen molar-refractivity contribution < 1.29 is 14.3 Å². The molecule has 5 rings (SSSR count). The van der Waals surface area contributed by atoms with Gasteiger partial charge < -0.3 is 15.0 Å². The summed E-state index contributed by atoms with van der Waals surface area (Å²) in [5.74, 6) is -1.36. The van der Waals surface area contributed by atoms with Gasteiger partial charge in [0.25, 0.3) is 0 Å². The minimum absolute atomic E-state index is 0.0236. The van der Waals surface area contributed by atoms with Gasteiger partial charge in [-0.1, -0.05) is 0 Å². The number of nitrogens with one attached hydrogen (secondary N) is 1. The molecule has 2 saturated heterocycles. The number of hydrogen-bond acceptors (Lipinski definition) is 5. The number of nitriles is 1. The Balaban J connectivity index is 1.76. The van der Waals surface area contributed by atoms with Crippen molar-refractivity contribution in [3.63, 3.8) is 0 Å². The number of aromatic carboxylic acids is 1. The summed E-state index contributed by atoms with van der Waals surface area (Å²) in [6.07, 6.45) is 7.31. The topological polar surface area (TPSA) is 98.4 Å². The summed E-state index contributed by atoms with van der Waals surface area (Å²) < 4.78 is 15.6. The van der Waals surface area contributed by atoms with E-state index in [1.165, 1.54) is 18.3 Å². The molecule has 0 radical (unpaired) electrons. The summed E-state index contributed by atoms with van der Waals surface area (Å²) in [5.41, 5.74) is -0.852. The number of carboxylic acids is 1. The molecular formula is C21H21FN4O3. The monoisotopic (exact) mass is 396 g/mol. The zero-order chi connectivity index (χ0) is 20.3. The third kappa shape index (κ3) is 2.57. The van der Waals surface area contributed by atoms with E-state index in [0.29, 0.717) is 18.0 Å². The highest BCUT2D eigenvalue weighted by Crippen LogP contribution is 2.55. The third-order valence-corrected chi connectivity index (χ3v) is 6.86. The Morgan fingerprint density at radius 2 is 2.14 bits per heavy atom. The van der Waals surface area contributed by atoms with Crippen molar-refractivity contribution in [1.29, 1.82) is 5.26 Å². The number of pyridine rings is 1. The lowest BCUT2D eigenvalue weighted by atomic mass is 9.75. The van der Waals surface area contributed by atoms with Gasteiger partial charge in [0.15, 0.2) is 6.19 Å². The van der Waals surface area contributed by atoms with Crippen LogP contribution in [0.1, 0.15) is 42.2 Å². The number of piperidine rings is 1. The molecule has 3 atom stereocenters. The van der Waals surface area contributed by atoms with Gasteiger partial charge in [0.05, 0.1) is 5.52 Å². The van der Waals surface area contributed by atoms with Crippen molar-refractivity contribution in [2.75, 3.05) is 13.1 Å². The average Bonchev–Trinajstić information content (AvgIpc) is 3.51. The molecule has 1 aromatic heterocycles. The summed E-state index contributed by atoms with van der Waals surface area (Å²) in [4.78, 5) is 26.1. The molecule has 8 heteroatoms. The maximum Gasteiger partial charge on any atom is 0.341 e.